The van der Waals surface area contributed by atoms with Crippen LogP contribution in [0.2, 0.25) is 5.02 Å². The van der Waals surface area contributed by atoms with Crippen LogP contribution in [0.5, 0.6) is 0 Å². The molecule has 0 radical (unpaired) electrons. The van der Waals surface area contributed by atoms with Crippen molar-refractivity contribution in [3.05, 3.63) is 70.5 Å². The minimum atomic E-state index is -0.403. The Hall–Kier alpha value is -1.52. The molecule has 0 unspecified atom stereocenters. The summed E-state index contributed by atoms with van der Waals surface area (Å²) in [6.07, 6.45) is 0. The Bertz CT molecular complexity index is 603. The van der Waals surface area contributed by atoms with Crippen LogP contribution in [0.25, 0.3) is 0 Å². The number of nitrogens with one attached hydrogen (secondary N) is 1. The summed E-state index contributed by atoms with van der Waals surface area (Å²) in [6.45, 7) is 0.549. The highest BCUT2D eigenvalue weighted by molar-refractivity contribution is 7.98. The van der Waals surface area contributed by atoms with Gasteiger partial charge in [0.05, 0.1) is 0 Å². The van der Waals surface area contributed by atoms with Crippen LogP contribution in [0.3, 0.4) is 0 Å². The zero-order valence-corrected chi connectivity index (χ0v) is 12.9. The van der Waals surface area contributed by atoms with E-state index in [1.807, 2.05) is 24.3 Å². The van der Waals surface area contributed by atoms with Gasteiger partial charge in [0, 0.05) is 28.6 Å². The second-order valence-electron chi connectivity index (χ2n) is 4.45. The number of hydrogen-bond donors (Lipinski definition) is 1. The first-order chi connectivity index (χ1) is 10.1. The van der Waals surface area contributed by atoms with Gasteiger partial charge in [0.15, 0.2) is 0 Å². The lowest BCUT2D eigenvalue weighted by Crippen LogP contribution is -2.25. The molecule has 0 bridgehead atoms. The number of rotatable bonds is 6. The summed E-state index contributed by atoms with van der Waals surface area (Å²) in [5.41, 5.74) is 1.54. The van der Waals surface area contributed by atoms with Gasteiger partial charge in [-0.05, 0) is 35.9 Å². The van der Waals surface area contributed by atoms with Crippen molar-refractivity contribution in [2.75, 3.05) is 12.3 Å². The summed E-state index contributed by atoms with van der Waals surface area (Å²) in [5, 5.41) is 3.50. The van der Waals surface area contributed by atoms with Gasteiger partial charge >= 0.3 is 0 Å². The molecule has 110 valence electrons. The van der Waals surface area contributed by atoms with E-state index in [0.717, 1.165) is 16.5 Å². The third-order valence-corrected chi connectivity index (χ3v) is 4.08. The Labute approximate surface area is 132 Å². The van der Waals surface area contributed by atoms with Crippen molar-refractivity contribution in [1.82, 2.24) is 5.32 Å². The second-order valence-corrected chi connectivity index (χ2v) is 5.99. The Morgan fingerprint density at radius 3 is 2.67 bits per heavy atom. The smallest absolute Gasteiger partial charge is 0.251 e. The molecule has 2 rings (SSSR count). The Morgan fingerprint density at radius 1 is 1.19 bits per heavy atom. The maximum absolute atomic E-state index is 13.0. The molecule has 0 fully saturated rings. The van der Waals surface area contributed by atoms with Gasteiger partial charge < -0.3 is 5.32 Å². The SMILES string of the molecule is O=C(NCCSCc1ccc(Cl)cc1)c1cccc(F)c1. The van der Waals surface area contributed by atoms with Crippen LogP contribution in [-0.4, -0.2) is 18.2 Å². The molecule has 0 aliphatic carbocycles. The van der Waals surface area contributed by atoms with Crippen molar-refractivity contribution in [1.29, 1.82) is 0 Å². The lowest BCUT2D eigenvalue weighted by Gasteiger charge is -2.05. The summed E-state index contributed by atoms with van der Waals surface area (Å²) >= 11 is 7.54. The molecular formula is C16H15ClFNOS. The first kappa shape index (κ1) is 15.9. The van der Waals surface area contributed by atoms with Gasteiger partial charge in [-0.15, -0.1) is 0 Å². The number of benzene rings is 2. The fraction of sp³-hybridized carbons (Fsp3) is 0.188. The van der Waals surface area contributed by atoms with Gasteiger partial charge in [0.25, 0.3) is 5.91 Å². The number of thioether (sulfide) groups is 1. The van der Waals surface area contributed by atoms with Gasteiger partial charge in [0.2, 0.25) is 0 Å². The molecule has 2 aromatic carbocycles. The van der Waals surface area contributed by atoms with Gasteiger partial charge in [-0.2, -0.15) is 11.8 Å². The molecule has 0 saturated carbocycles. The van der Waals surface area contributed by atoms with E-state index in [4.69, 9.17) is 11.6 Å². The van der Waals surface area contributed by atoms with E-state index in [-0.39, 0.29) is 5.91 Å². The average Bonchev–Trinajstić information content (AvgIpc) is 2.48. The molecule has 1 N–H and O–H groups in total. The van der Waals surface area contributed by atoms with E-state index in [2.05, 4.69) is 5.32 Å². The van der Waals surface area contributed by atoms with Crippen LogP contribution >= 0.6 is 23.4 Å². The van der Waals surface area contributed by atoms with Crippen LogP contribution < -0.4 is 5.32 Å². The number of halogens is 2. The molecule has 1 amide bonds. The van der Waals surface area contributed by atoms with Crippen molar-refractivity contribution in [3.63, 3.8) is 0 Å². The van der Waals surface area contributed by atoms with E-state index in [0.29, 0.717) is 12.1 Å². The topological polar surface area (TPSA) is 29.1 Å². The fourth-order valence-electron chi connectivity index (χ4n) is 1.74. The molecule has 0 saturated heterocycles. The minimum absolute atomic E-state index is 0.249. The maximum Gasteiger partial charge on any atom is 0.251 e. The van der Waals surface area contributed by atoms with E-state index in [1.54, 1.807) is 17.8 Å². The summed E-state index contributed by atoms with van der Waals surface area (Å²) in [4.78, 5) is 11.8. The molecule has 5 heteroatoms. The van der Waals surface area contributed by atoms with Gasteiger partial charge in [-0.1, -0.05) is 29.8 Å². The highest BCUT2D eigenvalue weighted by atomic mass is 35.5. The van der Waals surface area contributed by atoms with Crippen LogP contribution in [-0.2, 0) is 5.75 Å². The average molecular weight is 324 g/mol. The quantitative estimate of drug-likeness (QED) is 0.809. The van der Waals surface area contributed by atoms with E-state index in [1.165, 1.54) is 23.8 Å². The van der Waals surface area contributed by atoms with Crippen molar-refractivity contribution >= 4 is 29.3 Å². The zero-order valence-electron chi connectivity index (χ0n) is 11.3. The zero-order chi connectivity index (χ0) is 15.1. The monoisotopic (exact) mass is 323 g/mol. The molecule has 2 nitrogen and oxygen atoms in total. The molecule has 0 aliphatic heterocycles. The standard InChI is InChI=1S/C16H15ClFNOS/c17-14-6-4-12(5-7-14)11-21-9-8-19-16(20)13-2-1-3-15(18)10-13/h1-7,10H,8-9,11H2,(H,19,20). The maximum atomic E-state index is 13.0. The van der Waals surface area contributed by atoms with Gasteiger partial charge in [-0.3, -0.25) is 4.79 Å². The van der Waals surface area contributed by atoms with Crippen molar-refractivity contribution < 1.29 is 9.18 Å². The van der Waals surface area contributed by atoms with Gasteiger partial charge in [0.1, 0.15) is 5.82 Å². The third-order valence-electron chi connectivity index (χ3n) is 2.80. The molecule has 21 heavy (non-hydrogen) atoms. The van der Waals surface area contributed by atoms with Crippen LogP contribution in [0.1, 0.15) is 15.9 Å². The van der Waals surface area contributed by atoms with E-state index < -0.39 is 5.82 Å². The molecule has 0 heterocycles. The minimum Gasteiger partial charge on any atom is -0.351 e. The van der Waals surface area contributed by atoms with Crippen LogP contribution in [0.15, 0.2) is 48.5 Å². The number of carbonyl (C=O) groups is 1. The van der Waals surface area contributed by atoms with E-state index >= 15 is 0 Å². The van der Waals surface area contributed by atoms with E-state index in [9.17, 15) is 9.18 Å². The second kappa shape index (κ2) is 8.05. The number of carbonyl (C=O) groups excluding carboxylic acids is 1. The van der Waals surface area contributed by atoms with Gasteiger partial charge in [-0.25, -0.2) is 4.39 Å². The summed E-state index contributed by atoms with van der Waals surface area (Å²) in [6, 6.07) is 13.4. The highest BCUT2D eigenvalue weighted by Crippen LogP contribution is 2.15. The summed E-state index contributed by atoms with van der Waals surface area (Å²) < 4.78 is 13.0. The van der Waals surface area contributed by atoms with Crippen LogP contribution in [0.4, 0.5) is 4.39 Å². The summed E-state index contributed by atoms with van der Waals surface area (Å²) in [5.74, 6) is 1.01. The normalized spacial score (nSPS) is 10.4. The Morgan fingerprint density at radius 2 is 1.95 bits per heavy atom. The predicted octanol–water partition coefficient (Wildman–Crippen LogP) is 4.14. The molecule has 0 aromatic heterocycles. The number of amides is 1. The molecule has 0 spiro atoms. The lowest BCUT2D eigenvalue weighted by molar-refractivity contribution is 0.0955. The Balaban J connectivity index is 1.68. The van der Waals surface area contributed by atoms with Crippen LogP contribution in [0, 0.1) is 5.82 Å². The lowest BCUT2D eigenvalue weighted by atomic mass is 10.2. The molecular weight excluding hydrogens is 309 g/mol. The number of hydrogen-bond acceptors (Lipinski definition) is 2. The fourth-order valence-corrected chi connectivity index (χ4v) is 2.68. The van der Waals surface area contributed by atoms with Crippen molar-refractivity contribution in [2.24, 2.45) is 0 Å². The molecule has 0 aliphatic rings. The largest absolute Gasteiger partial charge is 0.351 e. The molecule has 0 atom stereocenters. The molecule has 2 aromatic rings. The Kier molecular flexibility index (Phi) is 6.08. The van der Waals surface area contributed by atoms with Crippen molar-refractivity contribution in [3.8, 4) is 0 Å². The van der Waals surface area contributed by atoms with Crippen molar-refractivity contribution in [2.45, 2.75) is 5.75 Å². The highest BCUT2D eigenvalue weighted by Gasteiger charge is 2.05. The first-order valence-electron chi connectivity index (χ1n) is 6.51. The third kappa shape index (κ3) is 5.40. The predicted molar refractivity (Wildman–Crippen MR) is 86.3 cm³/mol. The summed E-state index contributed by atoms with van der Waals surface area (Å²) in [7, 11) is 0. The first-order valence-corrected chi connectivity index (χ1v) is 8.04.